The second kappa shape index (κ2) is 13.6. The molecule has 0 radical (unpaired) electrons. The molecule has 0 bridgehead atoms. The molecule has 238 valence electrons. The Morgan fingerprint density at radius 3 is 2.49 bits per heavy atom. The Labute approximate surface area is 253 Å². The van der Waals surface area contributed by atoms with Crippen LogP contribution in [-0.2, 0) is 25.6 Å². The molecule has 0 aliphatic heterocycles. The Morgan fingerprint density at radius 2 is 1.77 bits per heavy atom. The number of hydrogen-bond donors (Lipinski definition) is 7. The maximum atomic E-state index is 12.6. The number of nitrogens with two attached hydrogens (primary N) is 1. The molecular formula is C32H48N4O7. The van der Waals surface area contributed by atoms with Crippen LogP contribution < -0.4 is 21.7 Å². The molecule has 43 heavy (non-hydrogen) atoms. The van der Waals surface area contributed by atoms with Crippen LogP contribution in [0.25, 0.3) is 0 Å². The van der Waals surface area contributed by atoms with E-state index in [-0.39, 0.29) is 36.2 Å². The number of carbonyl (C=O) groups is 4. The topological polar surface area (TPSA) is 191 Å². The van der Waals surface area contributed by atoms with Crippen LogP contribution in [0.3, 0.4) is 0 Å². The number of aliphatic carboxylic acids is 1. The molecule has 1 aromatic carbocycles. The van der Waals surface area contributed by atoms with Gasteiger partial charge < -0.3 is 37.0 Å². The maximum absolute atomic E-state index is 12.6. The van der Waals surface area contributed by atoms with Gasteiger partial charge in [-0.1, -0.05) is 13.0 Å². The van der Waals surface area contributed by atoms with Crippen LogP contribution in [-0.4, -0.2) is 69.8 Å². The largest absolute Gasteiger partial charge is 0.508 e. The molecule has 2 fully saturated rings. The Morgan fingerprint density at radius 1 is 1.07 bits per heavy atom. The SMILES string of the molecule is C[C@H](NC(=O)[C@H](C)NC(=O)[C@@H](N)CCC(=O)O)C(=O)NCCC[C@H]1C[C@H]2[C@@H]3CCc4cc(O)ccc4[C@H]3CC[C@]2(C)[C@H]1O. The number of rotatable bonds is 12. The molecule has 8 N–H and O–H groups in total. The molecule has 4 rings (SSSR count). The number of phenolic OH excluding ortho intramolecular Hbond substituents is 1. The summed E-state index contributed by atoms with van der Waals surface area (Å²) in [5, 5.41) is 38.0. The summed E-state index contributed by atoms with van der Waals surface area (Å²) in [6.45, 7) is 5.71. The quantitative estimate of drug-likeness (QED) is 0.177. The minimum Gasteiger partial charge on any atom is -0.508 e. The number of nitrogens with one attached hydrogen (secondary N) is 3. The molecule has 0 unspecified atom stereocenters. The Balaban J connectivity index is 1.20. The van der Waals surface area contributed by atoms with Crippen molar-refractivity contribution >= 4 is 23.7 Å². The fourth-order valence-corrected chi connectivity index (χ4v) is 7.93. The van der Waals surface area contributed by atoms with Gasteiger partial charge in [0.05, 0.1) is 12.1 Å². The number of carboxylic acid groups (broad SMARTS) is 1. The first-order valence-electron chi connectivity index (χ1n) is 15.7. The van der Waals surface area contributed by atoms with E-state index in [0.29, 0.717) is 36.5 Å². The van der Waals surface area contributed by atoms with E-state index < -0.39 is 35.9 Å². The van der Waals surface area contributed by atoms with Gasteiger partial charge in [-0.05, 0) is 118 Å². The highest BCUT2D eigenvalue weighted by atomic mass is 16.4. The van der Waals surface area contributed by atoms with E-state index in [0.717, 1.165) is 38.5 Å². The smallest absolute Gasteiger partial charge is 0.303 e. The predicted molar refractivity (Wildman–Crippen MR) is 160 cm³/mol. The van der Waals surface area contributed by atoms with Crippen LogP contribution >= 0.6 is 0 Å². The van der Waals surface area contributed by atoms with Crippen molar-refractivity contribution in [1.29, 1.82) is 0 Å². The Bertz CT molecular complexity index is 1210. The summed E-state index contributed by atoms with van der Waals surface area (Å²) in [7, 11) is 0. The first kappa shape index (κ1) is 32.7. The molecule has 9 atom stereocenters. The lowest BCUT2D eigenvalue weighted by Gasteiger charge is -2.50. The second-order valence-electron chi connectivity index (χ2n) is 13.2. The summed E-state index contributed by atoms with van der Waals surface area (Å²) in [6, 6.07) is 2.98. The van der Waals surface area contributed by atoms with E-state index in [4.69, 9.17) is 10.8 Å². The molecule has 3 aliphatic rings. The molecule has 0 heterocycles. The van der Waals surface area contributed by atoms with Crippen molar-refractivity contribution in [2.75, 3.05) is 6.54 Å². The van der Waals surface area contributed by atoms with Gasteiger partial charge in [-0.15, -0.1) is 0 Å². The van der Waals surface area contributed by atoms with E-state index in [1.54, 1.807) is 13.0 Å². The summed E-state index contributed by atoms with van der Waals surface area (Å²) in [5.74, 6) is -0.614. The van der Waals surface area contributed by atoms with Crippen molar-refractivity contribution in [2.45, 2.75) is 109 Å². The van der Waals surface area contributed by atoms with Crippen molar-refractivity contribution in [3.63, 3.8) is 0 Å². The van der Waals surface area contributed by atoms with Crippen LogP contribution in [0.5, 0.6) is 5.75 Å². The van der Waals surface area contributed by atoms with E-state index in [2.05, 4.69) is 28.9 Å². The molecule has 11 heteroatoms. The van der Waals surface area contributed by atoms with Crippen LogP contribution in [0.1, 0.15) is 89.2 Å². The average molecular weight is 601 g/mol. The second-order valence-corrected chi connectivity index (χ2v) is 13.2. The summed E-state index contributed by atoms with van der Waals surface area (Å²) >= 11 is 0. The average Bonchev–Trinajstić information content (AvgIpc) is 3.22. The fraction of sp³-hybridized carbons (Fsp3) is 0.688. The van der Waals surface area contributed by atoms with Crippen LogP contribution in [0.2, 0.25) is 0 Å². The van der Waals surface area contributed by atoms with Gasteiger partial charge in [-0.2, -0.15) is 0 Å². The number of aliphatic hydroxyl groups is 1. The number of aryl methyl sites for hydroxylation is 1. The third kappa shape index (κ3) is 7.32. The summed E-state index contributed by atoms with van der Waals surface area (Å²) in [6.07, 6.45) is 5.91. The van der Waals surface area contributed by atoms with E-state index in [1.165, 1.54) is 18.1 Å². The van der Waals surface area contributed by atoms with E-state index in [9.17, 15) is 29.4 Å². The fourth-order valence-electron chi connectivity index (χ4n) is 7.93. The predicted octanol–water partition coefficient (Wildman–Crippen LogP) is 1.93. The number of aromatic hydroxyl groups is 1. The Hall–Kier alpha value is -3.18. The molecule has 2 saturated carbocycles. The molecule has 3 aliphatic carbocycles. The van der Waals surface area contributed by atoms with Crippen molar-refractivity contribution in [3.05, 3.63) is 29.3 Å². The van der Waals surface area contributed by atoms with E-state index >= 15 is 0 Å². The molecule has 0 aromatic heterocycles. The number of aliphatic hydroxyl groups excluding tert-OH is 1. The molecule has 0 spiro atoms. The normalized spacial score (nSPS) is 29.7. The van der Waals surface area contributed by atoms with Gasteiger partial charge in [0.2, 0.25) is 17.7 Å². The van der Waals surface area contributed by atoms with Gasteiger partial charge in [0, 0.05) is 13.0 Å². The monoisotopic (exact) mass is 600 g/mol. The zero-order chi connectivity index (χ0) is 31.5. The maximum Gasteiger partial charge on any atom is 0.303 e. The molecule has 0 saturated heterocycles. The molecule has 11 nitrogen and oxygen atoms in total. The van der Waals surface area contributed by atoms with Gasteiger partial charge in [0.1, 0.15) is 17.8 Å². The minimum absolute atomic E-state index is 0.0478. The standard InChI is InChI=1S/C32H48N4O7/c1-17(35-30(42)18(2)36-31(43)26(33)10-11-27(38)39)29(41)34-14-4-5-20-16-25-24-8-6-19-15-21(37)7-9-22(19)23(24)12-13-32(25,3)28(20)40/h7,9,15,17-18,20,23-26,28,37,40H,4-6,8,10-14,16,33H2,1-3H3,(H,34,41)(H,35,42)(H,36,43)(H,38,39)/t17-,18-,20-,23+,24+,25-,26-,28-,32-/m0/s1. The number of fused-ring (bicyclic) bond motifs is 5. The first-order valence-corrected chi connectivity index (χ1v) is 15.7. The van der Waals surface area contributed by atoms with Crippen molar-refractivity contribution in [2.24, 2.45) is 28.9 Å². The summed E-state index contributed by atoms with van der Waals surface area (Å²) in [5.41, 5.74) is 8.21. The highest BCUT2D eigenvalue weighted by Gasteiger charge is 2.57. The number of carboxylic acids is 1. The number of benzene rings is 1. The minimum atomic E-state index is -1.06. The third-order valence-electron chi connectivity index (χ3n) is 10.4. The first-order chi connectivity index (χ1) is 20.3. The molecule has 1 aromatic rings. The Kier molecular flexibility index (Phi) is 10.4. The third-order valence-corrected chi connectivity index (χ3v) is 10.4. The lowest BCUT2D eigenvalue weighted by Crippen LogP contribution is -2.54. The lowest BCUT2D eigenvalue weighted by molar-refractivity contribution is -0.137. The summed E-state index contributed by atoms with van der Waals surface area (Å²) < 4.78 is 0. The van der Waals surface area contributed by atoms with Crippen molar-refractivity contribution in [1.82, 2.24) is 16.0 Å². The molecule has 3 amide bonds. The van der Waals surface area contributed by atoms with Gasteiger partial charge in [-0.25, -0.2) is 0 Å². The zero-order valence-corrected chi connectivity index (χ0v) is 25.5. The highest BCUT2D eigenvalue weighted by Crippen LogP contribution is 2.62. The van der Waals surface area contributed by atoms with Crippen molar-refractivity contribution in [3.8, 4) is 5.75 Å². The highest BCUT2D eigenvalue weighted by molar-refractivity contribution is 5.92. The van der Waals surface area contributed by atoms with E-state index in [1.807, 2.05) is 6.07 Å². The number of phenols is 1. The van der Waals surface area contributed by atoms with Gasteiger partial charge in [-0.3, -0.25) is 19.2 Å². The number of amides is 3. The van der Waals surface area contributed by atoms with Gasteiger partial charge >= 0.3 is 5.97 Å². The number of hydrogen-bond acceptors (Lipinski definition) is 7. The molecular weight excluding hydrogens is 552 g/mol. The zero-order valence-electron chi connectivity index (χ0n) is 25.5. The van der Waals surface area contributed by atoms with Gasteiger partial charge in [0.25, 0.3) is 0 Å². The van der Waals surface area contributed by atoms with Crippen molar-refractivity contribution < 1.29 is 34.5 Å². The van der Waals surface area contributed by atoms with Crippen LogP contribution in [0, 0.1) is 23.2 Å². The summed E-state index contributed by atoms with van der Waals surface area (Å²) in [4.78, 5) is 47.9. The van der Waals surface area contributed by atoms with Crippen LogP contribution in [0.15, 0.2) is 18.2 Å². The number of carbonyl (C=O) groups excluding carboxylic acids is 3. The lowest BCUT2D eigenvalue weighted by atomic mass is 9.55. The van der Waals surface area contributed by atoms with Crippen LogP contribution in [0.4, 0.5) is 0 Å². The van der Waals surface area contributed by atoms with Gasteiger partial charge in [0.15, 0.2) is 0 Å².